The third kappa shape index (κ3) is 2.39. The van der Waals surface area contributed by atoms with Crippen LogP contribution in [-0.4, -0.2) is 11.0 Å². The fraction of sp³-hybridized carbons (Fsp3) is 0.364. The van der Waals surface area contributed by atoms with Gasteiger partial charge in [0.25, 0.3) is 0 Å². The summed E-state index contributed by atoms with van der Waals surface area (Å²) in [6, 6.07) is 6.65. The van der Waals surface area contributed by atoms with Crippen LogP contribution >= 0.6 is 0 Å². The molecule has 13 heavy (non-hydrogen) atoms. The highest BCUT2D eigenvalue weighted by Crippen LogP contribution is 2.09. The standard InChI is InChI=1S/C11H14N2/c1-2-6-10(5-1)13-9-11-7-3-4-8-12-11/h1-4,7-8,10,13H,5-6,9H2. The Bertz CT molecular complexity index is 271. The summed E-state index contributed by atoms with van der Waals surface area (Å²) in [4.78, 5) is 4.26. The molecule has 1 heterocycles. The first-order chi connectivity index (χ1) is 6.45. The van der Waals surface area contributed by atoms with E-state index in [0.29, 0.717) is 6.04 Å². The molecule has 0 bridgehead atoms. The maximum absolute atomic E-state index is 4.26. The first kappa shape index (κ1) is 8.45. The largest absolute Gasteiger partial charge is 0.308 e. The zero-order chi connectivity index (χ0) is 8.93. The predicted molar refractivity (Wildman–Crippen MR) is 53.2 cm³/mol. The quantitative estimate of drug-likeness (QED) is 0.708. The van der Waals surface area contributed by atoms with Crippen LogP contribution in [0.1, 0.15) is 18.5 Å². The van der Waals surface area contributed by atoms with Crippen molar-refractivity contribution in [1.29, 1.82) is 0 Å². The lowest BCUT2D eigenvalue weighted by Gasteiger charge is -2.10. The van der Waals surface area contributed by atoms with E-state index in [1.54, 1.807) is 0 Å². The van der Waals surface area contributed by atoms with Gasteiger partial charge in [-0.05, 0) is 25.0 Å². The van der Waals surface area contributed by atoms with Crippen molar-refractivity contribution in [2.75, 3.05) is 0 Å². The Morgan fingerprint density at radius 2 is 2.15 bits per heavy atom. The van der Waals surface area contributed by atoms with Crippen LogP contribution in [0.25, 0.3) is 0 Å². The minimum Gasteiger partial charge on any atom is -0.308 e. The van der Waals surface area contributed by atoms with Crippen molar-refractivity contribution in [3.05, 3.63) is 42.2 Å². The summed E-state index contributed by atoms with van der Waals surface area (Å²) in [5.41, 5.74) is 1.12. The Hall–Kier alpha value is -1.15. The fourth-order valence-corrected chi connectivity index (χ4v) is 1.54. The van der Waals surface area contributed by atoms with Gasteiger partial charge in [-0.2, -0.15) is 0 Å². The molecule has 0 atom stereocenters. The second-order valence-corrected chi connectivity index (χ2v) is 3.34. The lowest BCUT2D eigenvalue weighted by molar-refractivity contribution is 0.533. The second kappa shape index (κ2) is 4.19. The van der Waals surface area contributed by atoms with Crippen molar-refractivity contribution in [3.8, 4) is 0 Å². The highest BCUT2D eigenvalue weighted by atomic mass is 14.9. The lowest BCUT2D eigenvalue weighted by atomic mass is 10.2. The van der Waals surface area contributed by atoms with Gasteiger partial charge in [-0.1, -0.05) is 18.2 Å². The molecule has 1 aromatic rings. The van der Waals surface area contributed by atoms with Crippen molar-refractivity contribution in [2.45, 2.75) is 25.4 Å². The van der Waals surface area contributed by atoms with Gasteiger partial charge in [0.15, 0.2) is 0 Å². The Morgan fingerprint density at radius 3 is 2.85 bits per heavy atom. The summed E-state index contributed by atoms with van der Waals surface area (Å²) < 4.78 is 0. The zero-order valence-corrected chi connectivity index (χ0v) is 7.61. The molecular formula is C11H14N2. The molecule has 1 aromatic heterocycles. The topological polar surface area (TPSA) is 24.9 Å². The molecule has 0 aliphatic heterocycles. The van der Waals surface area contributed by atoms with Gasteiger partial charge in [0, 0.05) is 18.8 Å². The molecule has 0 saturated heterocycles. The van der Waals surface area contributed by atoms with Gasteiger partial charge >= 0.3 is 0 Å². The smallest absolute Gasteiger partial charge is 0.0541 e. The molecular weight excluding hydrogens is 160 g/mol. The van der Waals surface area contributed by atoms with Crippen LogP contribution < -0.4 is 5.32 Å². The van der Waals surface area contributed by atoms with Crippen molar-refractivity contribution in [3.63, 3.8) is 0 Å². The molecule has 68 valence electrons. The second-order valence-electron chi connectivity index (χ2n) is 3.34. The van der Waals surface area contributed by atoms with Gasteiger partial charge in [-0.25, -0.2) is 0 Å². The number of nitrogens with one attached hydrogen (secondary N) is 1. The van der Waals surface area contributed by atoms with Gasteiger partial charge in [0.1, 0.15) is 0 Å². The van der Waals surface area contributed by atoms with E-state index < -0.39 is 0 Å². The average molecular weight is 174 g/mol. The molecule has 0 aromatic carbocycles. The molecule has 1 aliphatic carbocycles. The van der Waals surface area contributed by atoms with Crippen molar-refractivity contribution >= 4 is 0 Å². The third-order valence-electron chi connectivity index (χ3n) is 2.31. The molecule has 0 saturated carbocycles. The molecule has 0 radical (unpaired) electrons. The lowest BCUT2D eigenvalue weighted by Crippen LogP contribution is -2.25. The summed E-state index contributed by atoms with van der Waals surface area (Å²) in [6.45, 7) is 0.882. The van der Waals surface area contributed by atoms with Crippen molar-refractivity contribution in [2.24, 2.45) is 0 Å². The van der Waals surface area contributed by atoms with Gasteiger partial charge in [-0.15, -0.1) is 0 Å². The Balaban J connectivity index is 1.80. The normalized spacial score (nSPS) is 16.6. The number of nitrogens with zero attached hydrogens (tertiary/aromatic N) is 1. The van der Waals surface area contributed by atoms with E-state index in [4.69, 9.17) is 0 Å². The maximum atomic E-state index is 4.26. The highest BCUT2D eigenvalue weighted by Gasteiger charge is 2.08. The molecule has 2 nitrogen and oxygen atoms in total. The Morgan fingerprint density at radius 1 is 1.31 bits per heavy atom. The number of rotatable bonds is 3. The van der Waals surface area contributed by atoms with Crippen LogP contribution in [0, 0.1) is 0 Å². The average Bonchev–Trinajstić information content (AvgIpc) is 2.69. The van der Waals surface area contributed by atoms with Gasteiger partial charge in [-0.3, -0.25) is 4.98 Å². The van der Waals surface area contributed by atoms with Crippen molar-refractivity contribution < 1.29 is 0 Å². The summed E-state index contributed by atoms with van der Waals surface area (Å²) in [6.07, 6.45) is 8.62. The van der Waals surface area contributed by atoms with E-state index in [-0.39, 0.29) is 0 Å². The van der Waals surface area contributed by atoms with Crippen LogP contribution in [0.5, 0.6) is 0 Å². The number of hydrogen-bond donors (Lipinski definition) is 1. The van der Waals surface area contributed by atoms with E-state index >= 15 is 0 Å². The van der Waals surface area contributed by atoms with E-state index in [2.05, 4.69) is 28.5 Å². The summed E-state index contributed by atoms with van der Waals surface area (Å²) >= 11 is 0. The highest BCUT2D eigenvalue weighted by molar-refractivity contribution is 5.04. The first-order valence-corrected chi connectivity index (χ1v) is 4.73. The molecule has 1 aliphatic rings. The minimum absolute atomic E-state index is 0.627. The Labute approximate surface area is 78.7 Å². The third-order valence-corrected chi connectivity index (χ3v) is 2.31. The molecule has 0 spiro atoms. The molecule has 0 fully saturated rings. The SMILES string of the molecule is C1=CCC(NCc2ccccn2)C1. The van der Waals surface area contributed by atoms with E-state index in [1.165, 1.54) is 0 Å². The van der Waals surface area contributed by atoms with E-state index in [0.717, 1.165) is 25.1 Å². The molecule has 0 amide bonds. The molecule has 2 rings (SSSR count). The van der Waals surface area contributed by atoms with E-state index in [1.807, 2.05) is 18.3 Å². The summed E-state index contributed by atoms with van der Waals surface area (Å²) in [5.74, 6) is 0. The van der Waals surface area contributed by atoms with Crippen LogP contribution in [-0.2, 0) is 6.54 Å². The van der Waals surface area contributed by atoms with Gasteiger partial charge in [0.05, 0.1) is 5.69 Å². The molecule has 0 unspecified atom stereocenters. The van der Waals surface area contributed by atoms with Crippen LogP contribution in [0.15, 0.2) is 36.5 Å². The first-order valence-electron chi connectivity index (χ1n) is 4.73. The fourth-order valence-electron chi connectivity index (χ4n) is 1.54. The predicted octanol–water partition coefficient (Wildman–Crippen LogP) is 1.89. The van der Waals surface area contributed by atoms with Crippen LogP contribution in [0.3, 0.4) is 0 Å². The van der Waals surface area contributed by atoms with E-state index in [9.17, 15) is 0 Å². The molecule has 1 N–H and O–H groups in total. The molecule has 2 heteroatoms. The summed E-state index contributed by atoms with van der Waals surface area (Å²) in [5, 5.41) is 3.47. The number of aromatic nitrogens is 1. The monoisotopic (exact) mass is 174 g/mol. The van der Waals surface area contributed by atoms with Gasteiger partial charge < -0.3 is 5.32 Å². The Kier molecular flexibility index (Phi) is 2.72. The maximum Gasteiger partial charge on any atom is 0.0541 e. The van der Waals surface area contributed by atoms with Crippen molar-refractivity contribution in [1.82, 2.24) is 10.3 Å². The summed E-state index contributed by atoms with van der Waals surface area (Å²) in [7, 11) is 0. The van der Waals surface area contributed by atoms with Gasteiger partial charge in [0.2, 0.25) is 0 Å². The number of pyridine rings is 1. The van der Waals surface area contributed by atoms with Crippen LogP contribution in [0.2, 0.25) is 0 Å². The minimum atomic E-state index is 0.627. The number of hydrogen-bond acceptors (Lipinski definition) is 2. The van der Waals surface area contributed by atoms with Crippen LogP contribution in [0.4, 0.5) is 0 Å². The zero-order valence-electron chi connectivity index (χ0n) is 7.61.